The third-order valence-corrected chi connectivity index (χ3v) is 3.79. The zero-order chi connectivity index (χ0) is 11.4. The lowest BCUT2D eigenvalue weighted by Gasteiger charge is -2.33. The molecule has 1 aliphatic heterocycles. The Morgan fingerprint density at radius 2 is 1.75 bits per heavy atom. The smallest absolute Gasteiger partial charge is 0.0628 e. The van der Waals surface area contributed by atoms with Gasteiger partial charge in [0.15, 0.2) is 0 Å². The molecular weight excluding hydrogens is 266 g/mol. The lowest BCUT2D eigenvalue weighted by Crippen LogP contribution is -2.35. The maximum absolute atomic E-state index is 9.55. The molecule has 0 bridgehead atoms. The Bertz CT molecular complexity index is 319. The fourth-order valence-corrected chi connectivity index (χ4v) is 2.61. The summed E-state index contributed by atoms with van der Waals surface area (Å²) in [5, 5.41) is 9.55. The number of benzene rings is 1. The van der Waals surface area contributed by atoms with Gasteiger partial charge >= 0.3 is 0 Å². The Morgan fingerprint density at radius 3 is 2.31 bits per heavy atom. The minimum Gasteiger partial charge on any atom is -0.394 e. The molecule has 1 aromatic rings. The maximum Gasteiger partial charge on any atom is 0.0628 e. The molecule has 0 amide bonds. The Labute approximate surface area is 105 Å². The van der Waals surface area contributed by atoms with Crippen molar-refractivity contribution in [3.8, 4) is 0 Å². The van der Waals surface area contributed by atoms with Crippen LogP contribution in [0.25, 0.3) is 0 Å². The van der Waals surface area contributed by atoms with E-state index in [2.05, 4.69) is 33.0 Å². The third kappa shape index (κ3) is 2.84. The molecule has 1 aromatic carbocycles. The molecule has 16 heavy (non-hydrogen) atoms. The molecule has 1 fully saturated rings. The quantitative estimate of drug-likeness (QED) is 0.922. The van der Waals surface area contributed by atoms with Crippen molar-refractivity contribution in [3.05, 3.63) is 34.3 Å². The van der Waals surface area contributed by atoms with E-state index in [1.165, 1.54) is 24.8 Å². The largest absolute Gasteiger partial charge is 0.394 e. The van der Waals surface area contributed by atoms with Crippen LogP contribution in [0.15, 0.2) is 28.7 Å². The summed E-state index contributed by atoms with van der Waals surface area (Å²) in [5.41, 5.74) is 1.22. The van der Waals surface area contributed by atoms with Crippen molar-refractivity contribution in [1.82, 2.24) is 4.90 Å². The highest BCUT2D eigenvalue weighted by atomic mass is 79.9. The summed E-state index contributed by atoms with van der Waals surface area (Å²) in [6.07, 6.45) is 3.84. The normalized spacial score (nSPS) is 19.6. The molecule has 2 nitrogen and oxygen atoms in total. The Hall–Kier alpha value is -0.380. The van der Waals surface area contributed by atoms with Crippen molar-refractivity contribution in [1.29, 1.82) is 0 Å². The van der Waals surface area contributed by atoms with Crippen molar-refractivity contribution >= 4 is 15.9 Å². The van der Waals surface area contributed by atoms with Crippen molar-refractivity contribution in [2.45, 2.75) is 25.3 Å². The van der Waals surface area contributed by atoms with Crippen LogP contribution in [-0.4, -0.2) is 29.7 Å². The van der Waals surface area contributed by atoms with Crippen molar-refractivity contribution in [2.75, 3.05) is 19.7 Å². The predicted molar refractivity (Wildman–Crippen MR) is 69.4 cm³/mol. The molecule has 1 N–H and O–H groups in total. The second-order valence-electron chi connectivity index (χ2n) is 4.35. The average molecular weight is 284 g/mol. The first-order valence-corrected chi connectivity index (χ1v) is 6.71. The fraction of sp³-hybridized carbons (Fsp3) is 0.538. The maximum atomic E-state index is 9.55. The fourth-order valence-electron chi connectivity index (χ4n) is 2.35. The minimum atomic E-state index is 0.174. The number of likely N-dealkylation sites (tertiary alicyclic amines) is 1. The summed E-state index contributed by atoms with van der Waals surface area (Å²) in [4.78, 5) is 2.40. The van der Waals surface area contributed by atoms with E-state index in [0.717, 1.165) is 17.6 Å². The molecule has 1 saturated heterocycles. The zero-order valence-electron chi connectivity index (χ0n) is 9.40. The molecular formula is C13H18BrNO. The summed E-state index contributed by atoms with van der Waals surface area (Å²) in [5.74, 6) is 0. The molecule has 0 unspecified atom stereocenters. The second-order valence-corrected chi connectivity index (χ2v) is 5.26. The Kier molecular flexibility index (Phi) is 4.38. The zero-order valence-corrected chi connectivity index (χ0v) is 11.0. The number of nitrogens with zero attached hydrogens (tertiary/aromatic N) is 1. The number of halogens is 1. The highest BCUT2D eigenvalue weighted by Gasteiger charge is 2.21. The number of rotatable bonds is 3. The second kappa shape index (κ2) is 5.80. The average Bonchev–Trinajstić information content (AvgIpc) is 2.34. The van der Waals surface area contributed by atoms with Gasteiger partial charge in [0, 0.05) is 4.47 Å². The van der Waals surface area contributed by atoms with Crippen LogP contribution in [0.3, 0.4) is 0 Å². The molecule has 88 valence electrons. The van der Waals surface area contributed by atoms with Gasteiger partial charge in [-0.1, -0.05) is 34.5 Å². The molecule has 1 atom stereocenters. The van der Waals surface area contributed by atoms with Gasteiger partial charge in [0.2, 0.25) is 0 Å². The van der Waals surface area contributed by atoms with Gasteiger partial charge in [-0.15, -0.1) is 0 Å². The molecule has 2 rings (SSSR count). The summed E-state index contributed by atoms with van der Waals surface area (Å²) < 4.78 is 1.09. The first-order chi connectivity index (χ1) is 7.81. The van der Waals surface area contributed by atoms with Gasteiger partial charge in [-0.25, -0.2) is 0 Å². The van der Waals surface area contributed by atoms with Gasteiger partial charge in [-0.05, 0) is 43.6 Å². The molecule has 0 saturated carbocycles. The van der Waals surface area contributed by atoms with Crippen LogP contribution in [0.4, 0.5) is 0 Å². The third-order valence-electron chi connectivity index (χ3n) is 3.26. The predicted octanol–water partition coefficient (Wildman–Crippen LogP) is 2.97. The van der Waals surface area contributed by atoms with Crippen LogP contribution in [0, 0.1) is 0 Å². The summed E-state index contributed by atoms with van der Waals surface area (Å²) in [6.45, 7) is 2.43. The topological polar surface area (TPSA) is 23.5 Å². The summed E-state index contributed by atoms with van der Waals surface area (Å²) >= 11 is 3.44. The number of aliphatic hydroxyl groups is 1. The molecule has 0 aliphatic carbocycles. The first kappa shape index (κ1) is 12.1. The van der Waals surface area contributed by atoms with Crippen molar-refractivity contribution in [3.63, 3.8) is 0 Å². The van der Waals surface area contributed by atoms with Gasteiger partial charge in [0.25, 0.3) is 0 Å². The highest BCUT2D eigenvalue weighted by molar-refractivity contribution is 9.10. The molecule has 1 heterocycles. The monoisotopic (exact) mass is 283 g/mol. The van der Waals surface area contributed by atoms with Gasteiger partial charge in [0.05, 0.1) is 12.6 Å². The van der Waals surface area contributed by atoms with Gasteiger partial charge in [-0.3, -0.25) is 4.90 Å². The Morgan fingerprint density at radius 1 is 1.12 bits per heavy atom. The van der Waals surface area contributed by atoms with E-state index in [0.29, 0.717) is 0 Å². The van der Waals surface area contributed by atoms with Crippen molar-refractivity contribution < 1.29 is 5.11 Å². The summed E-state index contributed by atoms with van der Waals surface area (Å²) in [7, 11) is 0. The van der Waals surface area contributed by atoms with Crippen LogP contribution < -0.4 is 0 Å². The van der Waals surface area contributed by atoms with Gasteiger partial charge in [0.1, 0.15) is 0 Å². The van der Waals surface area contributed by atoms with E-state index in [9.17, 15) is 5.11 Å². The van der Waals surface area contributed by atoms with Crippen LogP contribution in [0.5, 0.6) is 0 Å². The van der Waals surface area contributed by atoms with Crippen LogP contribution in [0.1, 0.15) is 30.9 Å². The summed E-state index contributed by atoms with van der Waals surface area (Å²) in [6, 6.07) is 8.46. The SMILES string of the molecule is OC[C@H](c1ccc(Br)cc1)N1CCCCC1. The van der Waals surface area contributed by atoms with Crippen LogP contribution >= 0.6 is 15.9 Å². The standard InChI is InChI=1S/C13H18BrNO/c14-12-6-4-11(5-7-12)13(10-16)15-8-2-1-3-9-15/h4-7,13,16H,1-3,8-10H2/t13-/m1/s1. The number of piperidine rings is 1. The highest BCUT2D eigenvalue weighted by Crippen LogP contribution is 2.25. The number of hydrogen-bond donors (Lipinski definition) is 1. The van der Waals surface area contributed by atoms with Gasteiger partial charge in [-0.2, -0.15) is 0 Å². The van der Waals surface area contributed by atoms with E-state index in [-0.39, 0.29) is 12.6 Å². The first-order valence-electron chi connectivity index (χ1n) is 5.91. The van der Waals surface area contributed by atoms with Crippen LogP contribution in [0.2, 0.25) is 0 Å². The molecule has 0 radical (unpaired) electrons. The lowest BCUT2D eigenvalue weighted by molar-refractivity contribution is 0.104. The molecule has 0 spiro atoms. The molecule has 0 aromatic heterocycles. The van der Waals surface area contributed by atoms with E-state index >= 15 is 0 Å². The van der Waals surface area contributed by atoms with E-state index in [1.807, 2.05) is 12.1 Å². The minimum absolute atomic E-state index is 0.174. The lowest BCUT2D eigenvalue weighted by atomic mass is 10.0. The van der Waals surface area contributed by atoms with Crippen molar-refractivity contribution in [2.24, 2.45) is 0 Å². The van der Waals surface area contributed by atoms with E-state index in [4.69, 9.17) is 0 Å². The van der Waals surface area contributed by atoms with E-state index < -0.39 is 0 Å². The molecule has 3 heteroatoms. The Balaban J connectivity index is 2.11. The number of aliphatic hydroxyl groups excluding tert-OH is 1. The van der Waals surface area contributed by atoms with Gasteiger partial charge < -0.3 is 5.11 Å². The number of hydrogen-bond acceptors (Lipinski definition) is 2. The molecule has 1 aliphatic rings. The van der Waals surface area contributed by atoms with E-state index in [1.54, 1.807) is 0 Å². The van der Waals surface area contributed by atoms with Crippen LogP contribution in [-0.2, 0) is 0 Å².